The van der Waals surface area contributed by atoms with Crippen LogP contribution in [-0.4, -0.2) is 24.3 Å². The van der Waals surface area contributed by atoms with Gasteiger partial charge in [0.25, 0.3) is 0 Å². The number of hydrogen-bond donors (Lipinski definition) is 2. The fraction of sp³-hybridized carbons (Fsp3) is 1.00. The largest absolute Gasteiger partial charge is 0.393 e. The van der Waals surface area contributed by atoms with Gasteiger partial charge in [0.2, 0.25) is 0 Å². The Morgan fingerprint density at radius 2 is 1.31 bits per heavy atom. The standard InChI is InChI=1S/C11H21NO/c13-11-3-1-9(2-4-11)10-5-7-12-8-6-10/h9-13H,1-8H2. The van der Waals surface area contributed by atoms with E-state index in [2.05, 4.69) is 5.32 Å². The van der Waals surface area contributed by atoms with Crippen LogP contribution in [-0.2, 0) is 0 Å². The van der Waals surface area contributed by atoms with Crippen LogP contribution in [0.15, 0.2) is 0 Å². The van der Waals surface area contributed by atoms with E-state index in [1.165, 1.54) is 38.8 Å². The second-order valence-electron chi connectivity index (χ2n) is 4.66. The van der Waals surface area contributed by atoms with E-state index in [1.807, 2.05) is 0 Å². The number of hydrogen-bond acceptors (Lipinski definition) is 2. The van der Waals surface area contributed by atoms with E-state index in [9.17, 15) is 5.11 Å². The Labute approximate surface area is 80.7 Å². The van der Waals surface area contributed by atoms with Crippen molar-refractivity contribution < 1.29 is 5.11 Å². The van der Waals surface area contributed by atoms with Crippen molar-refractivity contribution in [1.29, 1.82) is 0 Å². The van der Waals surface area contributed by atoms with Crippen molar-refractivity contribution in [2.45, 2.75) is 44.6 Å². The summed E-state index contributed by atoms with van der Waals surface area (Å²) < 4.78 is 0. The molecular weight excluding hydrogens is 162 g/mol. The topological polar surface area (TPSA) is 32.3 Å². The Morgan fingerprint density at radius 3 is 1.92 bits per heavy atom. The molecule has 2 aliphatic rings. The van der Waals surface area contributed by atoms with Crippen LogP contribution in [0.5, 0.6) is 0 Å². The minimum atomic E-state index is 0.0120. The maximum absolute atomic E-state index is 9.41. The third-order valence-corrected chi connectivity index (χ3v) is 3.79. The van der Waals surface area contributed by atoms with Crippen molar-refractivity contribution in [2.24, 2.45) is 11.8 Å². The van der Waals surface area contributed by atoms with Gasteiger partial charge in [0.05, 0.1) is 6.10 Å². The molecular formula is C11H21NO. The summed E-state index contributed by atoms with van der Waals surface area (Å²) in [6.45, 7) is 2.42. The van der Waals surface area contributed by atoms with Gasteiger partial charge in [0, 0.05) is 0 Å². The van der Waals surface area contributed by atoms with Gasteiger partial charge in [-0.15, -0.1) is 0 Å². The highest BCUT2D eigenvalue weighted by Crippen LogP contribution is 2.34. The molecule has 2 N–H and O–H groups in total. The van der Waals surface area contributed by atoms with Gasteiger partial charge in [0.1, 0.15) is 0 Å². The molecule has 0 radical (unpaired) electrons. The van der Waals surface area contributed by atoms with Gasteiger partial charge in [-0.25, -0.2) is 0 Å². The molecule has 76 valence electrons. The third kappa shape index (κ3) is 2.44. The fourth-order valence-electron chi connectivity index (χ4n) is 2.89. The fourth-order valence-corrected chi connectivity index (χ4v) is 2.89. The Balaban J connectivity index is 1.79. The second-order valence-corrected chi connectivity index (χ2v) is 4.66. The first-order valence-electron chi connectivity index (χ1n) is 5.75. The number of nitrogens with one attached hydrogen (secondary N) is 1. The molecule has 1 saturated heterocycles. The first-order chi connectivity index (χ1) is 6.36. The average Bonchev–Trinajstić information content (AvgIpc) is 2.20. The molecule has 1 aliphatic carbocycles. The Kier molecular flexibility index (Phi) is 3.23. The number of piperidine rings is 1. The quantitative estimate of drug-likeness (QED) is 0.646. The molecule has 0 unspecified atom stereocenters. The molecule has 0 aromatic rings. The molecule has 2 nitrogen and oxygen atoms in total. The summed E-state index contributed by atoms with van der Waals surface area (Å²) in [5.74, 6) is 1.87. The second kappa shape index (κ2) is 4.43. The lowest BCUT2D eigenvalue weighted by molar-refractivity contribution is 0.0839. The van der Waals surface area contributed by atoms with Gasteiger partial charge < -0.3 is 10.4 Å². The molecule has 2 fully saturated rings. The average molecular weight is 183 g/mol. The molecule has 0 bridgehead atoms. The molecule has 0 aromatic carbocycles. The lowest BCUT2D eigenvalue weighted by Gasteiger charge is -2.34. The summed E-state index contributed by atoms with van der Waals surface area (Å²) >= 11 is 0. The third-order valence-electron chi connectivity index (χ3n) is 3.79. The van der Waals surface area contributed by atoms with Crippen LogP contribution in [0.3, 0.4) is 0 Å². The maximum Gasteiger partial charge on any atom is 0.0540 e. The molecule has 0 aromatic heterocycles. The Hall–Kier alpha value is -0.0800. The highest BCUT2D eigenvalue weighted by atomic mass is 16.3. The zero-order valence-electron chi connectivity index (χ0n) is 8.34. The highest BCUT2D eigenvalue weighted by Gasteiger charge is 2.27. The van der Waals surface area contributed by atoms with Gasteiger partial charge in [-0.2, -0.15) is 0 Å². The first-order valence-corrected chi connectivity index (χ1v) is 5.75. The molecule has 0 amide bonds. The molecule has 0 atom stereocenters. The Morgan fingerprint density at radius 1 is 0.769 bits per heavy atom. The number of aliphatic hydroxyl groups excluding tert-OH is 1. The number of rotatable bonds is 1. The van der Waals surface area contributed by atoms with Crippen molar-refractivity contribution in [1.82, 2.24) is 5.32 Å². The van der Waals surface area contributed by atoms with Crippen molar-refractivity contribution in [3.05, 3.63) is 0 Å². The van der Waals surface area contributed by atoms with Crippen molar-refractivity contribution in [3.63, 3.8) is 0 Å². The predicted octanol–water partition coefficient (Wildman–Crippen LogP) is 1.54. The van der Waals surface area contributed by atoms with Crippen LogP contribution in [0.4, 0.5) is 0 Å². The van der Waals surface area contributed by atoms with Crippen molar-refractivity contribution in [2.75, 3.05) is 13.1 Å². The van der Waals surface area contributed by atoms with Crippen LogP contribution in [0, 0.1) is 11.8 Å². The lowest BCUT2D eigenvalue weighted by Crippen LogP contribution is -2.33. The first kappa shape index (κ1) is 9.47. The van der Waals surface area contributed by atoms with Crippen molar-refractivity contribution >= 4 is 0 Å². The highest BCUT2D eigenvalue weighted by molar-refractivity contribution is 4.80. The SMILES string of the molecule is OC1CCC(C2CCNCC2)CC1. The molecule has 13 heavy (non-hydrogen) atoms. The van der Waals surface area contributed by atoms with E-state index in [0.717, 1.165) is 24.7 Å². The van der Waals surface area contributed by atoms with E-state index < -0.39 is 0 Å². The minimum Gasteiger partial charge on any atom is -0.393 e. The molecule has 0 spiro atoms. The van der Waals surface area contributed by atoms with Crippen molar-refractivity contribution in [3.8, 4) is 0 Å². The minimum absolute atomic E-state index is 0.0120. The van der Waals surface area contributed by atoms with Gasteiger partial charge in [0.15, 0.2) is 0 Å². The number of aliphatic hydroxyl groups is 1. The smallest absolute Gasteiger partial charge is 0.0540 e. The van der Waals surface area contributed by atoms with Gasteiger partial charge in [-0.1, -0.05) is 0 Å². The summed E-state index contributed by atoms with van der Waals surface area (Å²) in [7, 11) is 0. The zero-order valence-corrected chi connectivity index (χ0v) is 8.34. The van der Waals surface area contributed by atoms with Crippen LogP contribution in [0.25, 0.3) is 0 Å². The molecule has 1 aliphatic heterocycles. The van der Waals surface area contributed by atoms with Gasteiger partial charge in [-0.05, 0) is 63.5 Å². The lowest BCUT2D eigenvalue weighted by atomic mass is 9.75. The summed E-state index contributed by atoms with van der Waals surface area (Å²) in [5.41, 5.74) is 0. The van der Waals surface area contributed by atoms with E-state index in [-0.39, 0.29) is 6.10 Å². The molecule has 2 rings (SSSR count). The summed E-state index contributed by atoms with van der Waals surface area (Å²) in [5, 5.41) is 12.8. The van der Waals surface area contributed by atoms with Crippen LogP contribution in [0.2, 0.25) is 0 Å². The normalized spacial score (nSPS) is 37.6. The van der Waals surface area contributed by atoms with E-state index >= 15 is 0 Å². The Bertz CT molecular complexity index is 146. The maximum atomic E-state index is 9.41. The predicted molar refractivity (Wildman–Crippen MR) is 53.6 cm³/mol. The summed E-state index contributed by atoms with van der Waals surface area (Å²) in [6, 6.07) is 0. The zero-order chi connectivity index (χ0) is 9.10. The van der Waals surface area contributed by atoms with E-state index in [1.54, 1.807) is 0 Å². The van der Waals surface area contributed by atoms with Gasteiger partial charge >= 0.3 is 0 Å². The van der Waals surface area contributed by atoms with Crippen LogP contribution < -0.4 is 5.32 Å². The van der Waals surface area contributed by atoms with E-state index in [0.29, 0.717) is 0 Å². The summed E-state index contributed by atoms with van der Waals surface area (Å²) in [4.78, 5) is 0. The van der Waals surface area contributed by atoms with Crippen LogP contribution >= 0.6 is 0 Å². The van der Waals surface area contributed by atoms with Crippen LogP contribution in [0.1, 0.15) is 38.5 Å². The van der Waals surface area contributed by atoms with Gasteiger partial charge in [-0.3, -0.25) is 0 Å². The molecule has 1 saturated carbocycles. The van der Waals surface area contributed by atoms with E-state index in [4.69, 9.17) is 0 Å². The summed E-state index contributed by atoms with van der Waals surface area (Å²) in [6.07, 6.45) is 7.38. The monoisotopic (exact) mass is 183 g/mol. The molecule has 2 heteroatoms. The molecule has 1 heterocycles.